The molecule has 0 saturated carbocycles. The lowest BCUT2D eigenvalue weighted by molar-refractivity contribution is -0.819. The molecule has 0 heterocycles. The van der Waals surface area contributed by atoms with E-state index in [1.54, 1.807) is 0 Å². The molecule has 10 heteroatoms. The normalized spacial score (nSPS) is 10.8. The van der Waals surface area contributed by atoms with Gasteiger partial charge in [-0.25, -0.2) is 0 Å². The van der Waals surface area contributed by atoms with Crippen LogP contribution in [0.5, 0.6) is 0 Å². The van der Waals surface area contributed by atoms with Crippen LogP contribution < -0.4 is 5.73 Å². The van der Waals surface area contributed by atoms with Crippen molar-refractivity contribution in [3.8, 4) is 0 Å². The smallest absolute Gasteiger partial charge is 0.264 e. The van der Waals surface area contributed by atoms with Crippen LogP contribution >= 0.6 is 0 Å². The van der Waals surface area contributed by atoms with Gasteiger partial charge in [-0.15, -0.1) is 0 Å². The Morgan fingerprint density at radius 2 is 1.42 bits per heavy atom. The molecular weight excluding hydrogens is 176 g/mol. The average Bonchev–Trinajstić information content (AvgIpc) is 1.84. The van der Waals surface area contributed by atoms with Gasteiger partial charge >= 0.3 is 12.3 Å². The molecule has 0 bridgehead atoms. The highest BCUT2D eigenvalue weighted by molar-refractivity contribution is 4.54. The summed E-state index contributed by atoms with van der Waals surface area (Å²) in [5.41, 5.74) is 4.54. The Balaban J connectivity index is 4.75. The number of nitrogens with zero attached hydrogens (tertiary/aromatic N) is 3. The van der Waals surface area contributed by atoms with E-state index >= 15 is 0 Å². The van der Waals surface area contributed by atoms with Gasteiger partial charge in [0.1, 0.15) is 9.85 Å². The highest BCUT2D eigenvalue weighted by Crippen LogP contribution is 2.02. The molecule has 0 aliphatic heterocycles. The largest absolute Gasteiger partial charge is 0.582 e. The van der Waals surface area contributed by atoms with Gasteiger partial charge in [0.05, 0.1) is 0 Å². The fraction of sp³-hybridized carbons (Fsp3) is 1.00. The topological polar surface area (TPSA) is 155 Å². The fourth-order valence-corrected chi connectivity index (χ4v) is 0.372. The summed E-state index contributed by atoms with van der Waals surface area (Å²) >= 11 is 0. The number of hydrogen-bond acceptors (Lipinski definition) is 7. The lowest BCUT2D eigenvalue weighted by Gasteiger charge is -2.06. The summed E-state index contributed by atoms with van der Waals surface area (Å²) in [5, 5.41) is 29.6. The van der Waals surface area contributed by atoms with Gasteiger partial charge in [0, 0.05) is 4.92 Å². The van der Waals surface area contributed by atoms with Crippen molar-refractivity contribution in [3.05, 3.63) is 30.3 Å². The van der Waals surface area contributed by atoms with Crippen molar-refractivity contribution in [2.24, 2.45) is 5.73 Å². The van der Waals surface area contributed by atoms with Crippen molar-refractivity contribution >= 4 is 0 Å². The summed E-state index contributed by atoms with van der Waals surface area (Å²) in [6, 6.07) is 0. The zero-order valence-electron chi connectivity index (χ0n) is 5.58. The first kappa shape index (κ1) is 10.2. The van der Waals surface area contributed by atoms with Crippen LogP contribution in [-0.4, -0.2) is 27.1 Å². The Morgan fingerprint density at radius 1 is 1.08 bits per heavy atom. The van der Waals surface area contributed by atoms with Crippen molar-refractivity contribution in [1.29, 1.82) is 0 Å². The van der Waals surface area contributed by atoms with Crippen molar-refractivity contribution in [3.63, 3.8) is 0 Å². The summed E-state index contributed by atoms with van der Waals surface area (Å²) in [4.78, 5) is 25.4. The molecule has 2 N–H and O–H groups in total. The van der Waals surface area contributed by atoms with Crippen molar-refractivity contribution in [2.75, 3.05) is 6.54 Å². The van der Waals surface area contributed by atoms with E-state index in [-0.39, 0.29) is 0 Å². The Hall–Kier alpha value is -1.84. The van der Waals surface area contributed by atoms with Crippen LogP contribution in [0.15, 0.2) is 0 Å². The zero-order valence-corrected chi connectivity index (χ0v) is 5.58. The van der Waals surface area contributed by atoms with Crippen LogP contribution in [0.3, 0.4) is 0 Å². The molecule has 0 atom stereocenters. The summed E-state index contributed by atoms with van der Waals surface area (Å²) in [6.07, 6.45) is 0. The van der Waals surface area contributed by atoms with Gasteiger partial charge in [-0.2, -0.15) is 5.73 Å². The SMILES string of the molecule is NC(C[N+](=O)[O-])([N+](=O)[O-])[N+](=O)[O-]. The van der Waals surface area contributed by atoms with E-state index in [9.17, 15) is 30.3 Å². The molecule has 0 saturated heterocycles. The van der Waals surface area contributed by atoms with Crippen molar-refractivity contribution in [2.45, 2.75) is 5.79 Å². The second-order valence-electron chi connectivity index (χ2n) is 1.88. The molecule has 0 aliphatic carbocycles. The van der Waals surface area contributed by atoms with E-state index in [2.05, 4.69) is 5.73 Å². The third kappa shape index (κ3) is 1.82. The molecule has 68 valence electrons. The average molecular weight is 180 g/mol. The second-order valence-corrected chi connectivity index (χ2v) is 1.88. The van der Waals surface area contributed by atoms with Gasteiger partial charge in [0.2, 0.25) is 0 Å². The van der Waals surface area contributed by atoms with Crippen LogP contribution in [0.4, 0.5) is 0 Å². The lowest BCUT2D eigenvalue weighted by atomic mass is 10.4. The molecule has 0 rings (SSSR count). The van der Waals surface area contributed by atoms with E-state index in [1.807, 2.05) is 0 Å². The Morgan fingerprint density at radius 3 is 1.50 bits per heavy atom. The molecule has 0 radical (unpaired) electrons. The molecular formula is C2H4N4O6. The van der Waals surface area contributed by atoms with Gasteiger partial charge in [-0.05, 0) is 0 Å². The van der Waals surface area contributed by atoms with Gasteiger partial charge < -0.3 is 0 Å². The van der Waals surface area contributed by atoms with E-state index in [4.69, 9.17) is 0 Å². The van der Waals surface area contributed by atoms with Crippen molar-refractivity contribution < 1.29 is 14.8 Å². The highest BCUT2D eigenvalue weighted by Gasteiger charge is 2.57. The summed E-state index contributed by atoms with van der Waals surface area (Å²) in [7, 11) is 0. The third-order valence-electron chi connectivity index (χ3n) is 0.994. The maximum Gasteiger partial charge on any atom is 0.582 e. The van der Waals surface area contributed by atoms with E-state index in [0.29, 0.717) is 0 Å². The number of nitro groups is 3. The molecule has 0 fully saturated rings. The Kier molecular flexibility index (Phi) is 2.58. The second kappa shape index (κ2) is 3.04. The minimum absolute atomic E-state index is 1.22. The molecule has 0 unspecified atom stereocenters. The summed E-state index contributed by atoms with van der Waals surface area (Å²) in [6.45, 7) is -1.55. The van der Waals surface area contributed by atoms with Gasteiger partial charge in [-0.3, -0.25) is 30.3 Å². The summed E-state index contributed by atoms with van der Waals surface area (Å²) < 4.78 is 0. The monoisotopic (exact) mass is 180 g/mol. The highest BCUT2D eigenvalue weighted by atomic mass is 16.7. The number of hydrogen-bond donors (Lipinski definition) is 1. The van der Waals surface area contributed by atoms with Crippen LogP contribution in [0.25, 0.3) is 0 Å². The molecule has 0 aromatic carbocycles. The quantitative estimate of drug-likeness (QED) is 0.311. The van der Waals surface area contributed by atoms with Crippen molar-refractivity contribution in [1.82, 2.24) is 0 Å². The van der Waals surface area contributed by atoms with Gasteiger partial charge in [0.15, 0.2) is 0 Å². The van der Waals surface area contributed by atoms with Crippen LogP contribution in [0, 0.1) is 30.3 Å². The van der Waals surface area contributed by atoms with Crippen LogP contribution in [-0.2, 0) is 0 Å². The molecule has 12 heavy (non-hydrogen) atoms. The summed E-state index contributed by atoms with van der Waals surface area (Å²) in [5.74, 6) is -3.23. The molecule has 10 nitrogen and oxygen atoms in total. The van der Waals surface area contributed by atoms with E-state index in [1.165, 1.54) is 0 Å². The van der Waals surface area contributed by atoms with Crippen LogP contribution in [0.1, 0.15) is 0 Å². The van der Waals surface area contributed by atoms with E-state index < -0.39 is 27.1 Å². The molecule has 0 spiro atoms. The first-order chi connectivity index (χ1) is 5.30. The van der Waals surface area contributed by atoms with Gasteiger partial charge in [-0.1, -0.05) is 0 Å². The third-order valence-corrected chi connectivity index (χ3v) is 0.994. The Labute approximate surface area is 64.4 Å². The van der Waals surface area contributed by atoms with E-state index in [0.717, 1.165) is 0 Å². The standard InChI is InChI=1S/C2H4N4O6/c3-2(5(9)10,6(11)12)1-4(7)8/h1,3H2. The predicted octanol–water partition coefficient (Wildman–Crippen LogP) is -1.57. The van der Waals surface area contributed by atoms with Gasteiger partial charge in [0.25, 0.3) is 0 Å². The molecule has 0 amide bonds. The maximum atomic E-state index is 9.93. The fourth-order valence-electron chi connectivity index (χ4n) is 0.372. The number of rotatable bonds is 4. The first-order valence-electron chi connectivity index (χ1n) is 2.50. The Bertz CT molecular complexity index is 222. The molecule has 0 aromatic heterocycles. The minimum Gasteiger partial charge on any atom is -0.264 e. The lowest BCUT2D eigenvalue weighted by Crippen LogP contribution is -2.59. The zero-order chi connectivity index (χ0) is 9.94. The molecule has 0 aromatic rings. The number of nitrogens with two attached hydrogens (primary N) is 1. The maximum absolute atomic E-state index is 9.93. The van der Waals surface area contributed by atoms with Crippen LogP contribution in [0.2, 0.25) is 0 Å². The predicted molar refractivity (Wildman–Crippen MR) is 32.8 cm³/mol. The molecule has 0 aliphatic rings. The first-order valence-corrected chi connectivity index (χ1v) is 2.50. The minimum atomic E-state index is -3.23.